The van der Waals surface area contributed by atoms with Gasteiger partial charge in [0.2, 0.25) is 0 Å². The predicted octanol–water partition coefficient (Wildman–Crippen LogP) is 2.27. The summed E-state index contributed by atoms with van der Waals surface area (Å²) in [6.07, 6.45) is 0.970. The number of nitrogens with one attached hydrogen (secondary N) is 1. The summed E-state index contributed by atoms with van der Waals surface area (Å²) in [5, 5.41) is 10.3. The molecule has 0 saturated heterocycles. The minimum atomic E-state index is -0.442. The van der Waals surface area contributed by atoms with Gasteiger partial charge in [-0.25, -0.2) is 4.79 Å². The number of hydrogen-bond donors (Lipinski definition) is 1. The third-order valence-electron chi connectivity index (χ3n) is 2.26. The van der Waals surface area contributed by atoms with Crippen LogP contribution >= 0.6 is 11.3 Å². The maximum absolute atomic E-state index is 11.6. The maximum Gasteiger partial charge on any atom is 0.361 e. The van der Waals surface area contributed by atoms with Gasteiger partial charge in [-0.05, 0) is 25.5 Å². The van der Waals surface area contributed by atoms with Crippen LogP contribution in [0.4, 0.5) is 0 Å². The molecule has 1 N–H and O–H groups in total. The average molecular weight is 251 g/mol. The second-order valence-corrected chi connectivity index (χ2v) is 4.53. The molecule has 0 radical (unpaired) electrons. The zero-order chi connectivity index (χ0) is 12.3. The summed E-state index contributed by atoms with van der Waals surface area (Å²) in [7, 11) is 0. The van der Waals surface area contributed by atoms with Gasteiger partial charge in [-0.3, -0.25) is 0 Å². The van der Waals surface area contributed by atoms with E-state index in [0.29, 0.717) is 12.3 Å². The summed E-state index contributed by atoms with van der Waals surface area (Å²) >= 11 is 1.61. The van der Waals surface area contributed by atoms with E-state index in [1.807, 2.05) is 12.1 Å². The zero-order valence-corrected chi connectivity index (χ0v) is 10.5. The number of aromatic nitrogens is 3. The molecule has 0 atom stereocenters. The Morgan fingerprint density at radius 1 is 1.41 bits per heavy atom. The molecular formula is C11H13N3O2S. The van der Waals surface area contributed by atoms with Crippen LogP contribution in [0.25, 0.3) is 10.6 Å². The fourth-order valence-electron chi connectivity index (χ4n) is 1.44. The van der Waals surface area contributed by atoms with Crippen LogP contribution < -0.4 is 0 Å². The molecule has 6 heteroatoms. The molecule has 2 aromatic rings. The minimum Gasteiger partial charge on any atom is -0.461 e. The highest BCUT2D eigenvalue weighted by Crippen LogP contribution is 2.28. The first-order valence-corrected chi connectivity index (χ1v) is 6.24. The van der Waals surface area contributed by atoms with E-state index in [-0.39, 0.29) is 5.69 Å². The molecular weight excluding hydrogens is 238 g/mol. The Morgan fingerprint density at radius 3 is 2.88 bits per heavy atom. The largest absolute Gasteiger partial charge is 0.461 e. The fourth-order valence-corrected chi connectivity index (χ4v) is 2.38. The van der Waals surface area contributed by atoms with Crippen LogP contribution in [0.3, 0.4) is 0 Å². The van der Waals surface area contributed by atoms with E-state index in [4.69, 9.17) is 4.74 Å². The number of aromatic amines is 1. The molecule has 0 aliphatic carbocycles. The minimum absolute atomic E-state index is 0.247. The van der Waals surface area contributed by atoms with Crippen LogP contribution in [0.1, 0.15) is 29.2 Å². The standard InChI is InChI=1S/C11H13N3O2S/c1-3-7-5-6-8(17-7)9-10(13-14-12-9)11(15)16-4-2/h5-6H,3-4H2,1-2H3,(H,12,13,14). The molecule has 0 bridgehead atoms. The molecule has 0 unspecified atom stereocenters. The van der Waals surface area contributed by atoms with Crippen molar-refractivity contribution in [3.8, 4) is 10.6 Å². The second kappa shape index (κ2) is 5.09. The van der Waals surface area contributed by atoms with Crippen molar-refractivity contribution in [2.24, 2.45) is 0 Å². The molecule has 2 aromatic heterocycles. The number of thiophene rings is 1. The van der Waals surface area contributed by atoms with Gasteiger partial charge in [-0.15, -0.1) is 16.4 Å². The highest BCUT2D eigenvalue weighted by Gasteiger charge is 2.19. The molecule has 0 aliphatic rings. The van der Waals surface area contributed by atoms with Gasteiger partial charge >= 0.3 is 5.97 Å². The number of rotatable bonds is 4. The predicted molar refractivity (Wildman–Crippen MR) is 65.0 cm³/mol. The van der Waals surface area contributed by atoms with E-state index < -0.39 is 5.97 Å². The summed E-state index contributed by atoms with van der Waals surface area (Å²) in [5.41, 5.74) is 0.810. The number of nitrogens with zero attached hydrogens (tertiary/aromatic N) is 2. The van der Waals surface area contributed by atoms with Crippen molar-refractivity contribution in [3.05, 3.63) is 22.7 Å². The molecule has 0 amide bonds. The van der Waals surface area contributed by atoms with Gasteiger partial charge in [0.25, 0.3) is 0 Å². The van der Waals surface area contributed by atoms with E-state index in [1.165, 1.54) is 4.88 Å². The van der Waals surface area contributed by atoms with Gasteiger partial charge in [0.1, 0.15) is 5.69 Å². The number of H-pyrrole nitrogens is 1. The molecule has 17 heavy (non-hydrogen) atoms. The molecule has 0 spiro atoms. The fraction of sp³-hybridized carbons (Fsp3) is 0.364. The third-order valence-corrected chi connectivity index (χ3v) is 3.50. The summed E-state index contributed by atoms with van der Waals surface area (Å²) in [6.45, 7) is 4.18. The van der Waals surface area contributed by atoms with Gasteiger partial charge in [0, 0.05) is 4.88 Å². The Labute approximate surface area is 103 Å². The van der Waals surface area contributed by atoms with E-state index in [9.17, 15) is 4.79 Å². The van der Waals surface area contributed by atoms with E-state index in [0.717, 1.165) is 11.3 Å². The average Bonchev–Trinajstić information content (AvgIpc) is 2.97. The van der Waals surface area contributed by atoms with Crippen LogP contribution in [-0.4, -0.2) is 28.0 Å². The number of carbonyl (C=O) groups excluding carboxylic acids is 1. The normalized spacial score (nSPS) is 10.5. The number of esters is 1. The first kappa shape index (κ1) is 11.8. The Bertz CT molecular complexity index is 518. The Balaban J connectivity index is 2.33. The number of ether oxygens (including phenoxy) is 1. The van der Waals surface area contributed by atoms with Gasteiger partial charge in [0.05, 0.1) is 11.5 Å². The highest BCUT2D eigenvalue weighted by atomic mass is 32.1. The third kappa shape index (κ3) is 2.36. The monoisotopic (exact) mass is 251 g/mol. The lowest BCUT2D eigenvalue weighted by Crippen LogP contribution is -2.06. The first-order chi connectivity index (χ1) is 8.26. The van der Waals surface area contributed by atoms with Crippen molar-refractivity contribution in [1.29, 1.82) is 0 Å². The topological polar surface area (TPSA) is 67.9 Å². The first-order valence-electron chi connectivity index (χ1n) is 5.43. The lowest BCUT2D eigenvalue weighted by atomic mass is 10.2. The smallest absolute Gasteiger partial charge is 0.361 e. The lowest BCUT2D eigenvalue weighted by Gasteiger charge is -1.98. The number of aryl methyl sites for hydroxylation is 1. The van der Waals surface area contributed by atoms with Crippen molar-refractivity contribution in [1.82, 2.24) is 15.4 Å². The van der Waals surface area contributed by atoms with Crippen LogP contribution in [-0.2, 0) is 11.2 Å². The molecule has 2 heterocycles. The summed E-state index contributed by atoms with van der Waals surface area (Å²) in [6, 6.07) is 3.98. The van der Waals surface area contributed by atoms with Crippen LogP contribution in [0.2, 0.25) is 0 Å². The summed E-state index contributed by atoms with van der Waals surface area (Å²) in [5.74, 6) is -0.442. The van der Waals surface area contributed by atoms with Gasteiger partial charge in [0.15, 0.2) is 5.69 Å². The van der Waals surface area contributed by atoms with Crippen LogP contribution in [0.5, 0.6) is 0 Å². The molecule has 2 rings (SSSR count). The number of carbonyl (C=O) groups is 1. The molecule has 0 fully saturated rings. The van der Waals surface area contributed by atoms with Crippen molar-refractivity contribution < 1.29 is 9.53 Å². The Kier molecular flexibility index (Phi) is 3.53. The molecule has 0 aliphatic heterocycles. The van der Waals surface area contributed by atoms with Gasteiger partial charge < -0.3 is 4.74 Å². The molecule has 0 aromatic carbocycles. The van der Waals surface area contributed by atoms with Crippen LogP contribution in [0, 0.1) is 0 Å². The van der Waals surface area contributed by atoms with Crippen molar-refractivity contribution >= 4 is 17.3 Å². The van der Waals surface area contributed by atoms with E-state index >= 15 is 0 Å². The lowest BCUT2D eigenvalue weighted by molar-refractivity contribution is 0.0520. The zero-order valence-electron chi connectivity index (χ0n) is 9.69. The van der Waals surface area contributed by atoms with Crippen molar-refractivity contribution in [2.75, 3.05) is 6.61 Å². The Morgan fingerprint density at radius 2 is 2.24 bits per heavy atom. The SMILES string of the molecule is CCOC(=O)c1n[nH]nc1-c1ccc(CC)s1. The summed E-state index contributed by atoms with van der Waals surface area (Å²) in [4.78, 5) is 13.8. The molecule has 5 nitrogen and oxygen atoms in total. The van der Waals surface area contributed by atoms with Crippen LogP contribution in [0.15, 0.2) is 12.1 Å². The van der Waals surface area contributed by atoms with Crippen molar-refractivity contribution in [2.45, 2.75) is 20.3 Å². The highest BCUT2D eigenvalue weighted by molar-refractivity contribution is 7.15. The maximum atomic E-state index is 11.6. The number of hydrogen-bond acceptors (Lipinski definition) is 5. The Hall–Kier alpha value is -1.69. The molecule has 0 saturated carbocycles. The van der Waals surface area contributed by atoms with E-state index in [1.54, 1.807) is 18.3 Å². The molecule has 90 valence electrons. The second-order valence-electron chi connectivity index (χ2n) is 3.36. The van der Waals surface area contributed by atoms with Gasteiger partial charge in [-0.2, -0.15) is 10.3 Å². The van der Waals surface area contributed by atoms with Gasteiger partial charge in [-0.1, -0.05) is 6.92 Å². The van der Waals surface area contributed by atoms with Crippen molar-refractivity contribution in [3.63, 3.8) is 0 Å². The summed E-state index contributed by atoms with van der Waals surface area (Å²) < 4.78 is 4.92. The van der Waals surface area contributed by atoms with E-state index in [2.05, 4.69) is 22.3 Å². The quantitative estimate of drug-likeness (QED) is 0.846.